The van der Waals surface area contributed by atoms with Gasteiger partial charge in [0.05, 0.1) is 11.1 Å². The molecule has 1 aliphatic rings. The summed E-state index contributed by atoms with van der Waals surface area (Å²) in [5, 5.41) is 1.05. The first-order valence-corrected chi connectivity index (χ1v) is 12.9. The molecule has 0 bridgehead atoms. The first-order chi connectivity index (χ1) is 13.9. The van der Waals surface area contributed by atoms with Crippen molar-refractivity contribution in [3.63, 3.8) is 0 Å². The lowest BCUT2D eigenvalue weighted by Crippen LogP contribution is -2.37. The number of benzene rings is 1. The van der Waals surface area contributed by atoms with Crippen molar-refractivity contribution in [3.05, 3.63) is 52.0 Å². The summed E-state index contributed by atoms with van der Waals surface area (Å²) in [5.74, 6) is 2.19. The molecule has 3 aromatic rings. The Morgan fingerprint density at radius 1 is 1.17 bits per heavy atom. The molecular formula is C21H26IN5OS. The Hall–Kier alpha value is -1.68. The van der Waals surface area contributed by atoms with E-state index in [1.54, 1.807) is 6.33 Å². The number of halogens is 1. The standard InChI is InChI=1S/C21H26IN5OS/c1-27(21-19-10-11-24-20(19)25-14-26-21)18-8-4-16(5-9-18)13-29(23,28)12-15-2-6-17(22)7-3-15/h2-3,6-7,10-11,14,16,18,23H,4-5,8-9,12-13H2,1H3,(H,24,25,26)/t16-,18+,29-/m0/s1. The molecule has 0 radical (unpaired) electrons. The molecule has 1 saturated carbocycles. The van der Waals surface area contributed by atoms with Crippen molar-refractivity contribution >= 4 is 49.2 Å². The summed E-state index contributed by atoms with van der Waals surface area (Å²) < 4.78 is 22.4. The average molecular weight is 523 g/mol. The normalized spacial score (nSPS) is 21.7. The Bertz CT molecular complexity index is 1070. The van der Waals surface area contributed by atoms with Crippen molar-refractivity contribution in [1.82, 2.24) is 15.0 Å². The van der Waals surface area contributed by atoms with Crippen molar-refractivity contribution in [3.8, 4) is 0 Å². The lowest BCUT2D eigenvalue weighted by atomic mass is 9.86. The maximum atomic E-state index is 12.9. The highest BCUT2D eigenvalue weighted by atomic mass is 127. The highest BCUT2D eigenvalue weighted by molar-refractivity contribution is 14.1. The number of aromatic amines is 1. The molecule has 1 fully saturated rings. The molecule has 0 amide bonds. The van der Waals surface area contributed by atoms with E-state index < -0.39 is 9.73 Å². The zero-order valence-electron chi connectivity index (χ0n) is 16.5. The molecule has 2 N–H and O–H groups in total. The van der Waals surface area contributed by atoms with Crippen LogP contribution in [0.3, 0.4) is 0 Å². The Kier molecular flexibility index (Phi) is 6.10. The molecule has 154 valence electrons. The lowest BCUT2D eigenvalue weighted by molar-refractivity contribution is 0.342. The summed E-state index contributed by atoms with van der Waals surface area (Å²) in [5.41, 5.74) is 1.86. The predicted octanol–water partition coefficient (Wildman–Crippen LogP) is 4.80. The quantitative estimate of drug-likeness (QED) is 0.455. The van der Waals surface area contributed by atoms with Gasteiger partial charge in [0.1, 0.15) is 17.8 Å². The number of hydrogen-bond donors (Lipinski definition) is 2. The number of nitrogens with zero attached hydrogens (tertiary/aromatic N) is 3. The minimum Gasteiger partial charge on any atom is -0.356 e. The summed E-state index contributed by atoms with van der Waals surface area (Å²) in [4.78, 5) is 14.2. The number of aromatic nitrogens is 3. The van der Waals surface area contributed by atoms with Gasteiger partial charge in [0.2, 0.25) is 0 Å². The fraction of sp³-hybridized carbons (Fsp3) is 0.429. The van der Waals surface area contributed by atoms with E-state index >= 15 is 0 Å². The van der Waals surface area contributed by atoms with Gasteiger partial charge in [0, 0.05) is 38.3 Å². The first kappa shape index (κ1) is 20.6. The summed E-state index contributed by atoms with van der Waals surface area (Å²) in [7, 11) is -0.498. The molecule has 29 heavy (non-hydrogen) atoms. The van der Waals surface area contributed by atoms with Gasteiger partial charge in [-0.3, -0.25) is 4.78 Å². The van der Waals surface area contributed by atoms with Crippen molar-refractivity contribution in [2.45, 2.75) is 37.5 Å². The summed E-state index contributed by atoms with van der Waals surface area (Å²) in [6.45, 7) is 0. The topological polar surface area (TPSA) is 85.7 Å². The molecule has 2 heterocycles. The highest BCUT2D eigenvalue weighted by Gasteiger charge is 2.27. The molecule has 1 aliphatic carbocycles. The predicted molar refractivity (Wildman–Crippen MR) is 127 cm³/mol. The number of H-pyrrole nitrogens is 1. The second-order valence-corrected chi connectivity index (χ2v) is 11.5. The molecule has 0 unspecified atom stereocenters. The van der Waals surface area contributed by atoms with Gasteiger partial charge in [-0.2, -0.15) is 0 Å². The zero-order valence-corrected chi connectivity index (χ0v) is 19.4. The minimum atomic E-state index is -2.60. The van der Waals surface area contributed by atoms with Crippen molar-refractivity contribution in [2.24, 2.45) is 5.92 Å². The molecule has 0 aliphatic heterocycles. The maximum Gasteiger partial charge on any atom is 0.142 e. The highest BCUT2D eigenvalue weighted by Crippen LogP contribution is 2.32. The van der Waals surface area contributed by atoms with E-state index in [0.717, 1.165) is 51.7 Å². The number of anilines is 1. The summed E-state index contributed by atoms with van der Waals surface area (Å²) in [6, 6.07) is 10.4. The second-order valence-electron chi connectivity index (χ2n) is 7.97. The summed E-state index contributed by atoms with van der Waals surface area (Å²) in [6.07, 6.45) is 7.60. The van der Waals surface area contributed by atoms with E-state index in [0.29, 0.717) is 23.5 Å². The average Bonchev–Trinajstić information content (AvgIpc) is 3.18. The van der Waals surface area contributed by atoms with Crippen LogP contribution >= 0.6 is 22.6 Å². The number of rotatable bonds is 6. The Morgan fingerprint density at radius 2 is 1.90 bits per heavy atom. The van der Waals surface area contributed by atoms with E-state index in [4.69, 9.17) is 4.78 Å². The molecule has 1 atom stereocenters. The van der Waals surface area contributed by atoms with Gasteiger partial charge in [-0.25, -0.2) is 14.2 Å². The van der Waals surface area contributed by atoms with E-state index in [-0.39, 0.29) is 0 Å². The van der Waals surface area contributed by atoms with Crippen LogP contribution in [0.15, 0.2) is 42.9 Å². The smallest absolute Gasteiger partial charge is 0.142 e. The maximum absolute atomic E-state index is 12.9. The van der Waals surface area contributed by atoms with Crippen LogP contribution in [0.2, 0.25) is 0 Å². The van der Waals surface area contributed by atoms with Gasteiger partial charge in [-0.15, -0.1) is 0 Å². The molecule has 0 saturated heterocycles. The fourth-order valence-electron chi connectivity index (χ4n) is 4.30. The Morgan fingerprint density at radius 3 is 2.62 bits per heavy atom. The third-order valence-corrected chi connectivity index (χ3v) is 8.38. The molecule has 0 spiro atoms. The van der Waals surface area contributed by atoms with Crippen LogP contribution < -0.4 is 4.90 Å². The van der Waals surface area contributed by atoms with E-state index in [2.05, 4.69) is 49.5 Å². The first-order valence-electron chi connectivity index (χ1n) is 9.91. The largest absolute Gasteiger partial charge is 0.356 e. The Balaban J connectivity index is 1.35. The molecular weight excluding hydrogens is 497 g/mol. The third kappa shape index (κ3) is 4.91. The lowest BCUT2D eigenvalue weighted by Gasteiger charge is -2.35. The number of hydrogen-bond acceptors (Lipinski definition) is 5. The van der Waals surface area contributed by atoms with Crippen LogP contribution in [-0.4, -0.2) is 38.0 Å². The van der Waals surface area contributed by atoms with E-state index in [9.17, 15) is 4.21 Å². The van der Waals surface area contributed by atoms with Crippen LogP contribution in [0.1, 0.15) is 31.2 Å². The molecule has 6 nitrogen and oxygen atoms in total. The second kappa shape index (κ2) is 8.59. The van der Waals surface area contributed by atoms with Gasteiger partial charge < -0.3 is 9.88 Å². The molecule has 8 heteroatoms. The third-order valence-electron chi connectivity index (χ3n) is 5.85. The van der Waals surface area contributed by atoms with Crippen LogP contribution in [0.5, 0.6) is 0 Å². The van der Waals surface area contributed by atoms with Gasteiger partial charge in [0.25, 0.3) is 0 Å². The molecule has 1 aromatic carbocycles. The Labute approximate surface area is 185 Å². The van der Waals surface area contributed by atoms with E-state index in [1.165, 1.54) is 0 Å². The van der Waals surface area contributed by atoms with Crippen LogP contribution in [0.4, 0.5) is 5.82 Å². The van der Waals surface area contributed by atoms with Gasteiger partial charge in [-0.05, 0) is 78.0 Å². The van der Waals surface area contributed by atoms with Crippen LogP contribution in [-0.2, 0) is 15.5 Å². The zero-order chi connectivity index (χ0) is 20.4. The summed E-state index contributed by atoms with van der Waals surface area (Å²) >= 11 is 2.26. The number of nitrogens with one attached hydrogen (secondary N) is 2. The molecule has 4 rings (SSSR count). The SMILES string of the molecule is CN(c1ncnc2[nH]ccc12)[C@H]1CC[C@@H](C[S@@](=N)(=O)Cc2ccc(I)cc2)CC1. The van der Waals surface area contributed by atoms with Crippen molar-refractivity contribution in [1.29, 1.82) is 4.78 Å². The van der Waals surface area contributed by atoms with Gasteiger partial charge in [-0.1, -0.05) is 12.1 Å². The minimum absolute atomic E-state index is 0.357. The van der Waals surface area contributed by atoms with Gasteiger partial charge >= 0.3 is 0 Å². The van der Waals surface area contributed by atoms with Crippen molar-refractivity contribution in [2.75, 3.05) is 17.7 Å². The molecule has 2 aromatic heterocycles. The van der Waals surface area contributed by atoms with E-state index in [1.807, 2.05) is 36.5 Å². The van der Waals surface area contributed by atoms with Crippen LogP contribution in [0, 0.1) is 14.3 Å². The fourth-order valence-corrected chi connectivity index (χ4v) is 6.60. The van der Waals surface area contributed by atoms with Crippen LogP contribution in [0.25, 0.3) is 11.0 Å². The van der Waals surface area contributed by atoms with Crippen molar-refractivity contribution < 1.29 is 4.21 Å². The number of fused-ring (bicyclic) bond motifs is 1. The van der Waals surface area contributed by atoms with Gasteiger partial charge in [0.15, 0.2) is 0 Å². The monoisotopic (exact) mass is 523 g/mol.